The van der Waals surface area contributed by atoms with Crippen LogP contribution in [-0.4, -0.2) is 89.6 Å². The maximum atomic E-state index is 14.5. The zero-order valence-electron chi connectivity index (χ0n) is 31.7. The largest absolute Gasteiger partial charge is 0.347 e. The van der Waals surface area contributed by atoms with E-state index in [1.54, 1.807) is 20.8 Å². The molecule has 3 aliphatic carbocycles. The molecule has 3 saturated carbocycles. The van der Waals surface area contributed by atoms with Crippen molar-refractivity contribution in [2.45, 2.75) is 167 Å². The zero-order valence-corrected chi connectivity index (χ0v) is 32.5. The highest BCUT2D eigenvalue weighted by Gasteiger charge is 2.49. The molecular weight excluding hydrogens is 659 g/mol. The molecule has 0 aromatic heterocycles. The third-order valence-electron chi connectivity index (χ3n) is 11.2. The second kappa shape index (κ2) is 15.5. The van der Waals surface area contributed by atoms with Crippen molar-refractivity contribution in [3.05, 3.63) is 0 Å². The average Bonchev–Trinajstić information content (AvgIpc) is 3.94. The molecule has 1 heterocycles. The van der Waals surface area contributed by atoms with Gasteiger partial charge < -0.3 is 26.2 Å². The van der Waals surface area contributed by atoms with E-state index >= 15 is 0 Å². The van der Waals surface area contributed by atoms with Gasteiger partial charge in [0.25, 0.3) is 5.91 Å². The zero-order chi connectivity index (χ0) is 37.2. The van der Waals surface area contributed by atoms with Crippen LogP contribution in [0.2, 0.25) is 0 Å². The Labute approximate surface area is 299 Å². The van der Waals surface area contributed by atoms with E-state index in [1.165, 1.54) is 4.90 Å². The molecule has 0 unspecified atom stereocenters. The number of sulfone groups is 1. The molecule has 0 bridgehead atoms. The van der Waals surface area contributed by atoms with E-state index in [-0.39, 0.29) is 23.6 Å². The first-order chi connectivity index (χ1) is 23.1. The van der Waals surface area contributed by atoms with Crippen molar-refractivity contribution in [2.75, 3.05) is 12.3 Å². The number of rotatable bonds is 14. The lowest BCUT2D eigenvalue weighted by Crippen LogP contribution is -2.64. The average molecular weight is 722 g/mol. The number of hydrogen-bond donors (Lipinski definition) is 4. The van der Waals surface area contributed by atoms with Gasteiger partial charge in [-0.05, 0) is 88.9 Å². The quantitative estimate of drug-likeness (QED) is 0.196. The van der Waals surface area contributed by atoms with Gasteiger partial charge in [-0.25, -0.2) is 13.2 Å². The van der Waals surface area contributed by atoms with E-state index < -0.39 is 73.2 Å². The molecule has 1 aliphatic heterocycles. The summed E-state index contributed by atoms with van der Waals surface area (Å²) in [5.41, 5.74) is -1.71. The lowest BCUT2D eigenvalue weighted by atomic mass is 9.83. The summed E-state index contributed by atoms with van der Waals surface area (Å²) in [6, 6.07) is -3.50. The number of amides is 5. The molecule has 12 nitrogen and oxygen atoms in total. The van der Waals surface area contributed by atoms with Crippen LogP contribution < -0.4 is 21.3 Å². The molecule has 4 N–H and O–H groups in total. The van der Waals surface area contributed by atoms with Gasteiger partial charge in [-0.1, -0.05) is 66.7 Å². The lowest BCUT2D eigenvalue weighted by molar-refractivity contribution is -0.145. The summed E-state index contributed by atoms with van der Waals surface area (Å²) >= 11 is 0. The maximum absolute atomic E-state index is 14.5. The highest BCUT2D eigenvalue weighted by molar-refractivity contribution is 7.92. The normalized spacial score (nSPS) is 23.9. The molecule has 284 valence electrons. The molecule has 13 heteroatoms. The van der Waals surface area contributed by atoms with Crippen LogP contribution in [0.15, 0.2) is 0 Å². The number of nitrogens with zero attached hydrogens (tertiary/aromatic N) is 1. The molecule has 0 aromatic rings. The van der Waals surface area contributed by atoms with E-state index in [2.05, 4.69) is 21.3 Å². The van der Waals surface area contributed by atoms with Crippen LogP contribution in [0.3, 0.4) is 0 Å². The van der Waals surface area contributed by atoms with E-state index in [9.17, 15) is 32.4 Å². The van der Waals surface area contributed by atoms with E-state index in [1.807, 2.05) is 34.6 Å². The SMILES string of the molecule is CC(C)[C@H]1CCN(C(=O)[C@@H](NC(=O)NC2(CS(=O)(=O)C(C)(C)C)CCCCC2)C(C)(C)C)[C@@H]1C(=O)N[C@@H](CCC1CC1)C(=O)C(=O)NC1CC1. The second-order valence-electron chi connectivity index (χ2n) is 18.0. The monoisotopic (exact) mass is 721 g/mol. The van der Waals surface area contributed by atoms with E-state index in [0.29, 0.717) is 38.1 Å². The van der Waals surface area contributed by atoms with Crippen LogP contribution in [0.1, 0.15) is 132 Å². The van der Waals surface area contributed by atoms with Crippen molar-refractivity contribution in [1.82, 2.24) is 26.2 Å². The van der Waals surface area contributed by atoms with Crippen LogP contribution in [0.5, 0.6) is 0 Å². The highest BCUT2D eigenvalue weighted by atomic mass is 32.2. The first-order valence-electron chi connectivity index (χ1n) is 18.9. The number of urea groups is 1. The summed E-state index contributed by atoms with van der Waals surface area (Å²) < 4.78 is 25.7. The Morgan fingerprint density at radius 3 is 2.00 bits per heavy atom. The summed E-state index contributed by atoms with van der Waals surface area (Å²) in [7, 11) is -3.56. The molecule has 4 aliphatic rings. The molecule has 0 radical (unpaired) electrons. The summed E-state index contributed by atoms with van der Waals surface area (Å²) in [6.45, 7) is 14.8. The highest BCUT2D eigenvalue weighted by Crippen LogP contribution is 2.36. The van der Waals surface area contributed by atoms with Crippen LogP contribution in [0.4, 0.5) is 4.79 Å². The van der Waals surface area contributed by atoms with Crippen molar-refractivity contribution in [2.24, 2.45) is 23.2 Å². The molecule has 0 spiro atoms. The molecule has 1 saturated heterocycles. The molecule has 4 fully saturated rings. The van der Waals surface area contributed by atoms with Gasteiger partial charge in [0, 0.05) is 12.6 Å². The summed E-state index contributed by atoms with van der Waals surface area (Å²) in [6.07, 6.45) is 9.07. The van der Waals surface area contributed by atoms with Crippen molar-refractivity contribution in [3.8, 4) is 0 Å². The molecule has 4 atom stereocenters. The topological polar surface area (TPSA) is 171 Å². The van der Waals surface area contributed by atoms with Gasteiger partial charge in [0.05, 0.1) is 22.1 Å². The second-order valence-corrected chi connectivity index (χ2v) is 20.7. The van der Waals surface area contributed by atoms with Crippen LogP contribution in [0, 0.1) is 23.2 Å². The standard InChI is InChI=1S/C37H63N5O7S/c1-23(2)26-18-21-42(28(26)31(44)39-27(17-14-24-12-13-24)29(43)32(45)38-25-15-16-25)33(46)30(35(3,4)5)40-34(47)41-37(19-10-9-11-20-37)22-50(48,49)36(6,7)8/h23-28,30H,9-22H2,1-8H3,(H,38,45)(H,39,44)(H2,40,41,47)/t26-,27+,28+,30-/m1/s1. The number of ketones is 1. The summed E-state index contributed by atoms with van der Waals surface area (Å²) in [5, 5.41) is 11.6. The van der Waals surface area contributed by atoms with Crippen LogP contribution in [0.25, 0.3) is 0 Å². The van der Waals surface area contributed by atoms with Gasteiger partial charge in [-0.2, -0.15) is 0 Å². The lowest BCUT2D eigenvalue weighted by Gasteiger charge is -2.41. The van der Waals surface area contributed by atoms with Gasteiger partial charge in [0.1, 0.15) is 12.1 Å². The Morgan fingerprint density at radius 1 is 0.860 bits per heavy atom. The van der Waals surface area contributed by atoms with Gasteiger partial charge in [-0.15, -0.1) is 0 Å². The molecule has 5 amide bonds. The number of hydrogen-bond acceptors (Lipinski definition) is 7. The number of carbonyl (C=O) groups is 5. The number of carbonyl (C=O) groups excluding carboxylic acids is 5. The summed E-state index contributed by atoms with van der Waals surface area (Å²) in [5.74, 6) is -2.05. The first-order valence-corrected chi connectivity index (χ1v) is 20.6. The first kappa shape index (κ1) is 40.1. The fourth-order valence-electron chi connectivity index (χ4n) is 7.41. The Balaban J connectivity index is 1.54. The van der Waals surface area contributed by atoms with Gasteiger partial charge in [-0.3, -0.25) is 19.2 Å². The predicted octanol–water partition coefficient (Wildman–Crippen LogP) is 4.01. The minimum atomic E-state index is -3.56. The van der Waals surface area contributed by atoms with Crippen LogP contribution >= 0.6 is 0 Å². The fourth-order valence-corrected chi connectivity index (χ4v) is 8.93. The minimum absolute atomic E-state index is 0.00872. The Kier molecular flexibility index (Phi) is 12.4. The third kappa shape index (κ3) is 10.2. The molecular formula is C37H63N5O7S. The fraction of sp³-hybridized carbons (Fsp3) is 0.865. The minimum Gasteiger partial charge on any atom is -0.347 e. The van der Waals surface area contributed by atoms with E-state index in [4.69, 9.17) is 0 Å². The summed E-state index contributed by atoms with van der Waals surface area (Å²) in [4.78, 5) is 70.1. The number of Topliss-reactive ketones (excluding diaryl/α,β-unsaturated/α-hetero) is 1. The van der Waals surface area contributed by atoms with Crippen molar-refractivity contribution < 1.29 is 32.4 Å². The van der Waals surface area contributed by atoms with Gasteiger partial charge >= 0.3 is 6.03 Å². The van der Waals surface area contributed by atoms with E-state index in [0.717, 1.165) is 51.4 Å². The van der Waals surface area contributed by atoms with Gasteiger partial charge in [0.2, 0.25) is 17.6 Å². The maximum Gasteiger partial charge on any atom is 0.315 e. The Bertz CT molecular complexity index is 1390. The molecule has 4 rings (SSSR count). The number of likely N-dealkylation sites (tertiary alicyclic amines) is 1. The smallest absolute Gasteiger partial charge is 0.315 e. The van der Waals surface area contributed by atoms with Crippen molar-refractivity contribution >= 4 is 39.4 Å². The van der Waals surface area contributed by atoms with Gasteiger partial charge in [0.15, 0.2) is 9.84 Å². The molecule has 0 aromatic carbocycles. The Hall–Kier alpha value is -2.70. The van der Waals surface area contributed by atoms with Crippen molar-refractivity contribution in [3.63, 3.8) is 0 Å². The predicted molar refractivity (Wildman–Crippen MR) is 193 cm³/mol. The Morgan fingerprint density at radius 2 is 1.48 bits per heavy atom. The van der Waals surface area contributed by atoms with Crippen LogP contribution in [-0.2, 0) is 29.0 Å². The molecule has 50 heavy (non-hydrogen) atoms. The third-order valence-corrected chi connectivity index (χ3v) is 14.0. The number of nitrogens with one attached hydrogen (secondary N) is 4. The van der Waals surface area contributed by atoms with Crippen molar-refractivity contribution in [1.29, 1.82) is 0 Å².